The van der Waals surface area contributed by atoms with Gasteiger partial charge < -0.3 is 10.5 Å². The first-order valence-electron chi connectivity index (χ1n) is 6.36. The van der Waals surface area contributed by atoms with Crippen LogP contribution in [-0.2, 0) is 10.5 Å². The zero-order valence-electron chi connectivity index (χ0n) is 10.5. The fourth-order valence-corrected chi connectivity index (χ4v) is 3.11. The standard InChI is InChI=1S/C15H19NOS/c16-9-3-7-13-5-1-2-6-14(13)11-18-12-15-8-4-10-17-15/h1-2,5-6,15H,4,8-12,16H2. The molecular weight excluding hydrogens is 242 g/mol. The Morgan fingerprint density at radius 1 is 1.39 bits per heavy atom. The molecule has 0 aliphatic carbocycles. The number of benzene rings is 1. The summed E-state index contributed by atoms with van der Waals surface area (Å²) >= 11 is 1.93. The van der Waals surface area contributed by atoms with Gasteiger partial charge in [0.2, 0.25) is 0 Å². The van der Waals surface area contributed by atoms with Crippen molar-refractivity contribution < 1.29 is 4.74 Å². The highest BCUT2D eigenvalue weighted by Gasteiger charge is 2.15. The van der Waals surface area contributed by atoms with E-state index < -0.39 is 0 Å². The van der Waals surface area contributed by atoms with E-state index in [-0.39, 0.29) is 0 Å². The smallest absolute Gasteiger partial charge is 0.0666 e. The van der Waals surface area contributed by atoms with Crippen LogP contribution in [0.4, 0.5) is 0 Å². The topological polar surface area (TPSA) is 35.2 Å². The number of ether oxygens (including phenoxy) is 1. The predicted octanol–water partition coefficient (Wildman–Crippen LogP) is 2.41. The van der Waals surface area contributed by atoms with Gasteiger partial charge in [-0.25, -0.2) is 0 Å². The van der Waals surface area contributed by atoms with Crippen LogP contribution in [0.25, 0.3) is 0 Å². The largest absolute Gasteiger partial charge is 0.377 e. The highest BCUT2D eigenvalue weighted by molar-refractivity contribution is 7.98. The fourth-order valence-electron chi connectivity index (χ4n) is 1.99. The van der Waals surface area contributed by atoms with Gasteiger partial charge >= 0.3 is 0 Å². The lowest BCUT2D eigenvalue weighted by atomic mass is 10.1. The van der Waals surface area contributed by atoms with Crippen molar-refractivity contribution >= 4 is 11.8 Å². The molecule has 2 N–H and O–H groups in total. The maximum absolute atomic E-state index is 5.62. The molecule has 1 saturated heterocycles. The van der Waals surface area contributed by atoms with Gasteiger partial charge in [0.25, 0.3) is 0 Å². The monoisotopic (exact) mass is 261 g/mol. The Kier molecular flexibility index (Phi) is 5.60. The van der Waals surface area contributed by atoms with Gasteiger partial charge in [-0.05, 0) is 24.5 Å². The summed E-state index contributed by atoms with van der Waals surface area (Å²) in [6, 6.07) is 8.29. The van der Waals surface area contributed by atoms with Crippen LogP contribution in [0.3, 0.4) is 0 Å². The molecule has 1 aliphatic rings. The van der Waals surface area contributed by atoms with Crippen LogP contribution < -0.4 is 5.73 Å². The summed E-state index contributed by atoms with van der Waals surface area (Å²) in [6.07, 6.45) is 2.88. The molecular formula is C15H19NOS. The maximum atomic E-state index is 5.62. The summed E-state index contributed by atoms with van der Waals surface area (Å²) in [5.74, 6) is 8.13. The minimum Gasteiger partial charge on any atom is -0.377 e. The van der Waals surface area contributed by atoms with E-state index in [9.17, 15) is 0 Å². The molecule has 3 heteroatoms. The second-order valence-corrected chi connectivity index (χ2v) is 5.34. The van der Waals surface area contributed by atoms with Gasteiger partial charge in [0.15, 0.2) is 0 Å². The molecule has 2 nitrogen and oxygen atoms in total. The van der Waals surface area contributed by atoms with Crippen LogP contribution in [0.2, 0.25) is 0 Å². The zero-order valence-corrected chi connectivity index (χ0v) is 11.3. The SMILES string of the molecule is NCC#Cc1ccccc1CSCC1CCCO1. The number of rotatable bonds is 4. The molecule has 18 heavy (non-hydrogen) atoms. The number of hydrogen-bond donors (Lipinski definition) is 1. The van der Waals surface area contributed by atoms with E-state index in [1.807, 2.05) is 17.8 Å². The van der Waals surface area contributed by atoms with Crippen LogP contribution >= 0.6 is 11.8 Å². The second-order valence-electron chi connectivity index (χ2n) is 4.31. The maximum Gasteiger partial charge on any atom is 0.0666 e. The van der Waals surface area contributed by atoms with Gasteiger partial charge in [0.05, 0.1) is 12.6 Å². The zero-order chi connectivity index (χ0) is 12.6. The van der Waals surface area contributed by atoms with Crippen molar-refractivity contribution in [2.45, 2.75) is 24.7 Å². The summed E-state index contributed by atoms with van der Waals surface area (Å²) in [5, 5.41) is 0. The normalized spacial score (nSPS) is 18.4. The van der Waals surface area contributed by atoms with E-state index in [4.69, 9.17) is 10.5 Å². The summed E-state index contributed by atoms with van der Waals surface area (Å²) in [4.78, 5) is 0. The Balaban J connectivity index is 1.87. The molecule has 1 heterocycles. The van der Waals surface area contributed by atoms with Crippen LogP contribution in [0, 0.1) is 11.8 Å². The van der Waals surface area contributed by atoms with Crippen molar-refractivity contribution in [3.63, 3.8) is 0 Å². The lowest BCUT2D eigenvalue weighted by Crippen LogP contribution is -2.08. The highest BCUT2D eigenvalue weighted by atomic mass is 32.2. The van der Waals surface area contributed by atoms with E-state index in [2.05, 4.69) is 30.0 Å². The van der Waals surface area contributed by atoms with Crippen molar-refractivity contribution in [1.82, 2.24) is 0 Å². The number of hydrogen-bond acceptors (Lipinski definition) is 3. The lowest BCUT2D eigenvalue weighted by Gasteiger charge is -2.09. The Hall–Kier alpha value is -0.950. The van der Waals surface area contributed by atoms with Gasteiger partial charge in [0.1, 0.15) is 0 Å². The minimum absolute atomic E-state index is 0.414. The second kappa shape index (κ2) is 7.48. The van der Waals surface area contributed by atoms with Gasteiger partial charge in [0, 0.05) is 23.7 Å². The third-order valence-corrected chi connectivity index (χ3v) is 4.05. The highest BCUT2D eigenvalue weighted by Crippen LogP contribution is 2.21. The van der Waals surface area contributed by atoms with Crippen LogP contribution in [-0.4, -0.2) is 25.0 Å². The molecule has 0 radical (unpaired) electrons. The van der Waals surface area contributed by atoms with Crippen LogP contribution in [0.15, 0.2) is 24.3 Å². The van der Waals surface area contributed by atoms with Gasteiger partial charge in [-0.15, -0.1) is 0 Å². The quantitative estimate of drug-likeness (QED) is 0.845. The fraction of sp³-hybridized carbons (Fsp3) is 0.467. The van der Waals surface area contributed by atoms with Gasteiger partial charge in [-0.2, -0.15) is 11.8 Å². The van der Waals surface area contributed by atoms with E-state index in [0.717, 1.165) is 23.7 Å². The van der Waals surface area contributed by atoms with Crippen molar-refractivity contribution in [3.05, 3.63) is 35.4 Å². The molecule has 96 valence electrons. The summed E-state index contributed by atoms with van der Waals surface area (Å²) in [5.41, 5.74) is 7.81. The number of nitrogens with two attached hydrogens (primary N) is 1. The molecule has 0 amide bonds. The van der Waals surface area contributed by atoms with Crippen LogP contribution in [0.1, 0.15) is 24.0 Å². The Bertz CT molecular complexity index is 430. The van der Waals surface area contributed by atoms with E-state index in [1.165, 1.54) is 18.4 Å². The van der Waals surface area contributed by atoms with E-state index >= 15 is 0 Å². The summed E-state index contributed by atoms with van der Waals surface area (Å²) in [6.45, 7) is 1.35. The first-order chi connectivity index (χ1) is 8.90. The molecule has 1 atom stereocenters. The minimum atomic E-state index is 0.414. The molecule has 1 unspecified atom stereocenters. The lowest BCUT2D eigenvalue weighted by molar-refractivity contribution is 0.129. The van der Waals surface area contributed by atoms with E-state index in [0.29, 0.717) is 12.6 Å². The van der Waals surface area contributed by atoms with Crippen LogP contribution in [0.5, 0.6) is 0 Å². The Labute approximate surface area is 113 Å². The van der Waals surface area contributed by atoms with Gasteiger partial charge in [-0.3, -0.25) is 0 Å². The molecule has 1 aromatic rings. The molecule has 0 bridgehead atoms. The molecule has 2 rings (SSSR count). The van der Waals surface area contributed by atoms with Crippen molar-refractivity contribution in [2.75, 3.05) is 18.9 Å². The third-order valence-electron chi connectivity index (χ3n) is 2.93. The molecule has 0 aromatic heterocycles. The first kappa shape index (κ1) is 13.5. The first-order valence-corrected chi connectivity index (χ1v) is 7.52. The molecule has 0 spiro atoms. The molecule has 1 fully saturated rings. The van der Waals surface area contributed by atoms with Crippen molar-refractivity contribution in [1.29, 1.82) is 0 Å². The Morgan fingerprint density at radius 3 is 3.06 bits per heavy atom. The third kappa shape index (κ3) is 4.06. The van der Waals surface area contributed by atoms with Crippen molar-refractivity contribution in [3.8, 4) is 11.8 Å². The van der Waals surface area contributed by atoms with Gasteiger partial charge in [-0.1, -0.05) is 30.0 Å². The summed E-state index contributed by atoms with van der Waals surface area (Å²) < 4.78 is 5.62. The average molecular weight is 261 g/mol. The molecule has 1 aliphatic heterocycles. The average Bonchev–Trinajstić information content (AvgIpc) is 2.91. The van der Waals surface area contributed by atoms with E-state index in [1.54, 1.807) is 0 Å². The number of thioether (sulfide) groups is 1. The predicted molar refractivity (Wildman–Crippen MR) is 77.5 cm³/mol. The molecule has 0 saturated carbocycles. The van der Waals surface area contributed by atoms with Crippen molar-refractivity contribution in [2.24, 2.45) is 5.73 Å². The molecule has 1 aromatic carbocycles. The summed E-state index contributed by atoms with van der Waals surface area (Å²) in [7, 11) is 0. The Morgan fingerprint density at radius 2 is 2.28 bits per heavy atom.